The molecule has 0 saturated heterocycles. The van der Waals surface area contributed by atoms with Gasteiger partial charge >= 0.3 is 5.97 Å². The molecule has 1 aromatic rings. The molecule has 4 heteroatoms. The quantitative estimate of drug-likeness (QED) is 0.867. The smallest absolute Gasteiger partial charge is 0.303 e. The van der Waals surface area contributed by atoms with E-state index in [0.29, 0.717) is 11.5 Å². The number of esters is 1. The van der Waals surface area contributed by atoms with Crippen molar-refractivity contribution in [2.24, 2.45) is 5.92 Å². The minimum absolute atomic E-state index is 0.183. The van der Waals surface area contributed by atoms with E-state index in [2.05, 4.69) is 12.2 Å². The standard InChI is InChI=1S/C17H23NO3/c1-12-7-6-10-15(11-12)18-17(20)16(21-13(2)19)14-8-4-3-5-9-14/h3-5,8-9,12,15-16H,6-7,10-11H2,1-2H3,(H,18,20). The first-order valence-corrected chi connectivity index (χ1v) is 7.59. The van der Waals surface area contributed by atoms with Crippen molar-refractivity contribution in [2.45, 2.75) is 51.7 Å². The van der Waals surface area contributed by atoms with Crippen molar-refractivity contribution >= 4 is 11.9 Å². The van der Waals surface area contributed by atoms with Gasteiger partial charge in [-0.15, -0.1) is 0 Å². The first-order chi connectivity index (χ1) is 10.1. The Kier molecular flexibility index (Phi) is 5.37. The Hall–Kier alpha value is -1.84. The van der Waals surface area contributed by atoms with E-state index in [9.17, 15) is 9.59 Å². The van der Waals surface area contributed by atoms with E-state index in [1.54, 1.807) is 12.1 Å². The molecule has 0 aliphatic heterocycles. The number of benzene rings is 1. The highest BCUT2D eigenvalue weighted by atomic mass is 16.5. The van der Waals surface area contributed by atoms with E-state index in [1.165, 1.54) is 13.3 Å². The van der Waals surface area contributed by atoms with E-state index >= 15 is 0 Å². The van der Waals surface area contributed by atoms with Crippen molar-refractivity contribution in [3.8, 4) is 0 Å². The van der Waals surface area contributed by atoms with Gasteiger partial charge in [0.05, 0.1) is 0 Å². The van der Waals surface area contributed by atoms with E-state index in [0.717, 1.165) is 19.3 Å². The maximum atomic E-state index is 12.5. The van der Waals surface area contributed by atoms with Crippen LogP contribution in [-0.2, 0) is 14.3 Å². The summed E-state index contributed by atoms with van der Waals surface area (Å²) < 4.78 is 5.22. The zero-order valence-electron chi connectivity index (χ0n) is 12.7. The average molecular weight is 289 g/mol. The predicted molar refractivity (Wildman–Crippen MR) is 80.5 cm³/mol. The van der Waals surface area contributed by atoms with Gasteiger partial charge in [0.25, 0.3) is 5.91 Å². The van der Waals surface area contributed by atoms with Crippen molar-refractivity contribution in [1.82, 2.24) is 5.32 Å². The van der Waals surface area contributed by atoms with Gasteiger partial charge in [0.2, 0.25) is 6.10 Å². The molecule has 0 aromatic heterocycles. The van der Waals surface area contributed by atoms with Crippen LogP contribution in [0.4, 0.5) is 0 Å². The van der Waals surface area contributed by atoms with E-state index in [4.69, 9.17) is 4.74 Å². The van der Waals surface area contributed by atoms with Crippen LogP contribution in [-0.4, -0.2) is 17.9 Å². The second-order valence-electron chi connectivity index (χ2n) is 5.88. The van der Waals surface area contributed by atoms with Gasteiger partial charge in [0.1, 0.15) is 0 Å². The lowest BCUT2D eigenvalue weighted by atomic mass is 9.87. The molecule has 1 aliphatic rings. The van der Waals surface area contributed by atoms with Crippen LogP contribution < -0.4 is 5.32 Å². The molecular formula is C17H23NO3. The molecule has 1 aliphatic carbocycles. The van der Waals surface area contributed by atoms with E-state index < -0.39 is 12.1 Å². The summed E-state index contributed by atoms with van der Waals surface area (Å²) in [5, 5.41) is 3.04. The van der Waals surface area contributed by atoms with Gasteiger partial charge < -0.3 is 10.1 Å². The molecule has 3 unspecified atom stereocenters. The Bertz CT molecular complexity index is 486. The fourth-order valence-corrected chi connectivity index (χ4v) is 2.91. The van der Waals surface area contributed by atoms with Crippen molar-refractivity contribution in [1.29, 1.82) is 0 Å². The second kappa shape index (κ2) is 7.25. The van der Waals surface area contributed by atoms with Crippen molar-refractivity contribution in [2.75, 3.05) is 0 Å². The van der Waals surface area contributed by atoms with Crippen LogP contribution in [0.2, 0.25) is 0 Å². The molecule has 0 heterocycles. The summed E-state index contributed by atoms with van der Waals surface area (Å²) in [6.45, 7) is 3.53. The Morgan fingerprint density at radius 1 is 1.24 bits per heavy atom. The Labute approximate surface area is 125 Å². The lowest BCUT2D eigenvalue weighted by Crippen LogP contribution is -2.41. The normalized spacial score (nSPS) is 23.1. The first-order valence-electron chi connectivity index (χ1n) is 7.59. The SMILES string of the molecule is CC(=O)OC(C(=O)NC1CCCC(C)C1)c1ccccc1. The molecule has 4 nitrogen and oxygen atoms in total. The molecule has 1 fully saturated rings. The predicted octanol–water partition coefficient (Wildman–Crippen LogP) is 2.99. The fraction of sp³-hybridized carbons (Fsp3) is 0.529. The molecule has 1 N–H and O–H groups in total. The lowest BCUT2D eigenvalue weighted by molar-refractivity contribution is -0.154. The molecule has 2 rings (SSSR count). The van der Waals surface area contributed by atoms with Crippen LogP contribution in [0.1, 0.15) is 51.2 Å². The molecular weight excluding hydrogens is 266 g/mol. The zero-order chi connectivity index (χ0) is 15.2. The summed E-state index contributed by atoms with van der Waals surface area (Å²) in [6.07, 6.45) is 3.49. The summed E-state index contributed by atoms with van der Waals surface area (Å²) in [7, 11) is 0. The maximum Gasteiger partial charge on any atom is 0.303 e. The zero-order valence-corrected chi connectivity index (χ0v) is 12.7. The molecule has 0 bridgehead atoms. The summed E-state index contributed by atoms with van der Waals surface area (Å²) >= 11 is 0. The molecule has 1 amide bonds. The summed E-state index contributed by atoms with van der Waals surface area (Å²) in [5.74, 6) is -0.0422. The van der Waals surface area contributed by atoms with Crippen molar-refractivity contribution in [3.63, 3.8) is 0 Å². The third-order valence-electron chi connectivity index (χ3n) is 3.91. The van der Waals surface area contributed by atoms with Crippen molar-refractivity contribution in [3.05, 3.63) is 35.9 Å². The molecule has 114 valence electrons. The van der Waals surface area contributed by atoms with Crippen LogP contribution in [0.25, 0.3) is 0 Å². The van der Waals surface area contributed by atoms with Crippen LogP contribution >= 0.6 is 0 Å². The minimum Gasteiger partial charge on any atom is -0.447 e. The number of rotatable bonds is 4. The number of amides is 1. The number of hydrogen-bond donors (Lipinski definition) is 1. The number of carbonyl (C=O) groups excluding carboxylic acids is 2. The molecule has 1 aromatic carbocycles. The topological polar surface area (TPSA) is 55.4 Å². The van der Waals surface area contributed by atoms with Crippen LogP contribution in [0, 0.1) is 5.92 Å². The fourth-order valence-electron chi connectivity index (χ4n) is 2.91. The van der Waals surface area contributed by atoms with Gasteiger partial charge in [-0.1, -0.05) is 50.1 Å². The molecule has 0 spiro atoms. The highest BCUT2D eigenvalue weighted by Crippen LogP contribution is 2.25. The van der Waals surface area contributed by atoms with Gasteiger partial charge in [-0.05, 0) is 18.8 Å². The minimum atomic E-state index is -0.860. The maximum absolute atomic E-state index is 12.5. The average Bonchev–Trinajstić information content (AvgIpc) is 2.45. The second-order valence-corrected chi connectivity index (χ2v) is 5.88. The van der Waals surface area contributed by atoms with Gasteiger partial charge in [0.15, 0.2) is 0 Å². The first kappa shape index (κ1) is 15.5. The third kappa shape index (κ3) is 4.59. The lowest BCUT2D eigenvalue weighted by Gasteiger charge is -2.29. The number of hydrogen-bond acceptors (Lipinski definition) is 3. The van der Waals surface area contributed by atoms with Crippen LogP contribution in [0.5, 0.6) is 0 Å². The molecule has 3 atom stereocenters. The van der Waals surface area contributed by atoms with Crippen LogP contribution in [0.3, 0.4) is 0 Å². The molecule has 21 heavy (non-hydrogen) atoms. The summed E-state index contributed by atoms with van der Waals surface area (Å²) in [6, 6.07) is 9.33. The monoisotopic (exact) mass is 289 g/mol. The van der Waals surface area contributed by atoms with Gasteiger partial charge in [0, 0.05) is 18.5 Å². The molecule has 1 saturated carbocycles. The highest BCUT2D eigenvalue weighted by molar-refractivity contribution is 5.84. The van der Waals surface area contributed by atoms with Crippen LogP contribution in [0.15, 0.2) is 30.3 Å². The number of carbonyl (C=O) groups is 2. The summed E-state index contributed by atoms with van der Waals surface area (Å²) in [4.78, 5) is 23.7. The molecule has 0 radical (unpaired) electrons. The Morgan fingerprint density at radius 2 is 1.95 bits per heavy atom. The van der Waals surface area contributed by atoms with E-state index in [-0.39, 0.29) is 11.9 Å². The largest absolute Gasteiger partial charge is 0.447 e. The number of ether oxygens (including phenoxy) is 1. The summed E-state index contributed by atoms with van der Waals surface area (Å²) in [5.41, 5.74) is 0.703. The van der Waals surface area contributed by atoms with Crippen molar-refractivity contribution < 1.29 is 14.3 Å². The Morgan fingerprint density at radius 3 is 2.57 bits per heavy atom. The number of nitrogens with one attached hydrogen (secondary N) is 1. The van der Waals surface area contributed by atoms with Gasteiger partial charge in [-0.25, -0.2) is 0 Å². The van der Waals surface area contributed by atoms with E-state index in [1.807, 2.05) is 18.2 Å². The Balaban J connectivity index is 2.05. The highest BCUT2D eigenvalue weighted by Gasteiger charge is 2.27. The van der Waals surface area contributed by atoms with Gasteiger partial charge in [-0.2, -0.15) is 0 Å². The third-order valence-corrected chi connectivity index (χ3v) is 3.91. The van der Waals surface area contributed by atoms with Gasteiger partial charge in [-0.3, -0.25) is 9.59 Å².